The van der Waals surface area contributed by atoms with E-state index in [0.29, 0.717) is 16.4 Å². The molecule has 146 valence electrons. The monoisotopic (exact) mass is 412 g/mol. The summed E-state index contributed by atoms with van der Waals surface area (Å²) in [6.45, 7) is 1.77. The fraction of sp³-hybridized carbons (Fsp3) is 0.278. The summed E-state index contributed by atoms with van der Waals surface area (Å²) in [5, 5.41) is 6.15. The van der Waals surface area contributed by atoms with E-state index in [0.717, 1.165) is 11.8 Å². The van der Waals surface area contributed by atoms with Crippen molar-refractivity contribution in [3.05, 3.63) is 40.9 Å². The summed E-state index contributed by atoms with van der Waals surface area (Å²) in [6.07, 6.45) is 1.06. The fourth-order valence-corrected chi connectivity index (χ4v) is 3.68. The lowest BCUT2D eigenvalue weighted by atomic mass is 10.2. The smallest absolute Gasteiger partial charge is 0.243 e. The standard InChI is InChI=1S/C18H21ClN2O5S/c1-11-5-6-12(9-13(11)19)21-16(22)10-20-14-7-8-15(25-2)18(17(14)26-3)27(4,23)24/h5-9,20H,10H2,1-4H3,(H,21,22). The first-order valence-corrected chi connectivity index (χ1v) is 10.2. The predicted octanol–water partition coefficient (Wildman–Crippen LogP) is 3.12. The van der Waals surface area contributed by atoms with Crippen molar-refractivity contribution in [2.24, 2.45) is 0 Å². The maximum absolute atomic E-state index is 12.2. The molecule has 1 amide bonds. The Bertz CT molecular complexity index is 960. The Labute approximate surface area is 163 Å². The number of benzene rings is 2. The number of sulfone groups is 1. The molecule has 0 aliphatic rings. The number of ether oxygens (including phenoxy) is 2. The third kappa shape index (κ3) is 5.05. The highest BCUT2D eigenvalue weighted by Gasteiger charge is 2.23. The highest BCUT2D eigenvalue weighted by atomic mass is 35.5. The van der Waals surface area contributed by atoms with Gasteiger partial charge in [0.15, 0.2) is 20.5 Å². The van der Waals surface area contributed by atoms with Gasteiger partial charge in [-0.2, -0.15) is 0 Å². The van der Waals surface area contributed by atoms with E-state index < -0.39 is 9.84 Å². The first-order chi connectivity index (χ1) is 12.7. The molecule has 0 unspecified atom stereocenters. The number of hydrogen-bond acceptors (Lipinski definition) is 6. The number of hydrogen-bond donors (Lipinski definition) is 2. The van der Waals surface area contributed by atoms with Crippen LogP contribution in [0, 0.1) is 6.92 Å². The van der Waals surface area contributed by atoms with Gasteiger partial charge in [-0.1, -0.05) is 17.7 Å². The van der Waals surface area contributed by atoms with Crippen LogP contribution < -0.4 is 20.1 Å². The Morgan fingerprint density at radius 3 is 2.41 bits per heavy atom. The lowest BCUT2D eigenvalue weighted by Gasteiger charge is -2.17. The van der Waals surface area contributed by atoms with Gasteiger partial charge in [0.25, 0.3) is 0 Å². The Morgan fingerprint density at radius 1 is 1.15 bits per heavy atom. The molecular weight excluding hydrogens is 392 g/mol. The molecule has 0 radical (unpaired) electrons. The maximum atomic E-state index is 12.2. The van der Waals surface area contributed by atoms with Gasteiger partial charge in [-0.05, 0) is 36.8 Å². The molecule has 0 bridgehead atoms. The Kier molecular flexibility index (Phi) is 6.56. The minimum Gasteiger partial charge on any atom is -0.495 e. The van der Waals surface area contributed by atoms with Gasteiger partial charge in [0.2, 0.25) is 5.91 Å². The Morgan fingerprint density at radius 2 is 1.85 bits per heavy atom. The summed E-state index contributed by atoms with van der Waals surface area (Å²) in [7, 11) is -0.890. The van der Waals surface area contributed by atoms with Crippen LogP contribution in [0.5, 0.6) is 11.5 Å². The van der Waals surface area contributed by atoms with E-state index in [-0.39, 0.29) is 28.8 Å². The first kappa shape index (κ1) is 20.9. The zero-order chi connectivity index (χ0) is 20.2. The highest BCUT2D eigenvalue weighted by Crippen LogP contribution is 2.39. The zero-order valence-electron chi connectivity index (χ0n) is 15.4. The van der Waals surface area contributed by atoms with Crippen LogP contribution in [0.15, 0.2) is 35.2 Å². The van der Waals surface area contributed by atoms with Crippen LogP contribution >= 0.6 is 11.6 Å². The van der Waals surface area contributed by atoms with E-state index in [2.05, 4.69) is 10.6 Å². The van der Waals surface area contributed by atoms with E-state index in [1.54, 1.807) is 24.3 Å². The normalized spacial score (nSPS) is 11.0. The molecule has 7 nitrogen and oxygen atoms in total. The summed E-state index contributed by atoms with van der Waals surface area (Å²) < 4.78 is 34.6. The number of carbonyl (C=O) groups excluding carboxylic acids is 1. The molecule has 2 aromatic rings. The largest absolute Gasteiger partial charge is 0.495 e. The fourth-order valence-electron chi connectivity index (χ4n) is 2.45. The summed E-state index contributed by atoms with van der Waals surface area (Å²) in [5.41, 5.74) is 1.83. The van der Waals surface area contributed by atoms with Crippen molar-refractivity contribution < 1.29 is 22.7 Å². The SMILES string of the molecule is COc1ccc(NCC(=O)Nc2ccc(C)c(Cl)c2)c(OC)c1S(C)(=O)=O. The van der Waals surface area contributed by atoms with Crippen LogP contribution in [-0.4, -0.2) is 41.3 Å². The molecule has 27 heavy (non-hydrogen) atoms. The van der Waals surface area contributed by atoms with Gasteiger partial charge in [-0.3, -0.25) is 4.79 Å². The summed E-state index contributed by atoms with van der Waals surface area (Å²) in [6, 6.07) is 8.29. The molecule has 2 rings (SSSR count). The maximum Gasteiger partial charge on any atom is 0.243 e. The van der Waals surface area contributed by atoms with Gasteiger partial charge in [-0.15, -0.1) is 0 Å². The molecule has 0 saturated carbocycles. The molecule has 0 spiro atoms. The minimum atomic E-state index is -3.61. The van der Waals surface area contributed by atoms with Gasteiger partial charge in [-0.25, -0.2) is 8.42 Å². The number of rotatable bonds is 7. The number of methoxy groups -OCH3 is 2. The molecule has 0 aliphatic carbocycles. The van der Waals surface area contributed by atoms with E-state index in [9.17, 15) is 13.2 Å². The van der Waals surface area contributed by atoms with Gasteiger partial charge < -0.3 is 20.1 Å². The van der Waals surface area contributed by atoms with Crippen molar-refractivity contribution in [2.45, 2.75) is 11.8 Å². The first-order valence-electron chi connectivity index (χ1n) is 7.92. The van der Waals surface area contributed by atoms with E-state index >= 15 is 0 Å². The molecule has 9 heteroatoms. The van der Waals surface area contributed by atoms with Crippen molar-refractivity contribution in [2.75, 3.05) is 37.7 Å². The number of aryl methyl sites for hydroxylation is 1. The summed E-state index contributed by atoms with van der Waals surface area (Å²) in [5.74, 6) is -0.0737. The lowest BCUT2D eigenvalue weighted by molar-refractivity contribution is -0.114. The molecular formula is C18H21ClN2O5S. The van der Waals surface area contributed by atoms with Crippen molar-refractivity contribution in [3.63, 3.8) is 0 Å². The number of anilines is 2. The third-order valence-corrected chi connectivity index (χ3v) is 5.30. The van der Waals surface area contributed by atoms with Crippen LogP contribution in [0.1, 0.15) is 5.56 Å². The molecule has 0 saturated heterocycles. The summed E-state index contributed by atoms with van der Waals surface area (Å²) >= 11 is 6.05. The van der Waals surface area contributed by atoms with Crippen LogP contribution in [0.2, 0.25) is 5.02 Å². The summed E-state index contributed by atoms with van der Waals surface area (Å²) in [4.78, 5) is 12.1. The van der Waals surface area contributed by atoms with Crippen molar-refractivity contribution in [1.82, 2.24) is 0 Å². The number of carbonyl (C=O) groups is 1. The average molecular weight is 413 g/mol. The van der Waals surface area contributed by atoms with Gasteiger partial charge in [0.05, 0.1) is 26.5 Å². The second-order valence-electron chi connectivity index (χ2n) is 5.82. The highest BCUT2D eigenvalue weighted by molar-refractivity contribution is 7.91. The van der Waals surface area contributed by atoms with Crippen LogP contribution in [0.4, 0.5) is 11.4 Å². The van der Waals surface area contributed by atoms with E-state index in [1.165, 1.54) is 20.3 Å². The van der Waals surface area contributed by atoms with Crippen molar-refractivity contribution >= 4 is 38.7 Å². The van der Waals surface area contributed by atoms with Crippen molar-refractivity contribution in [3.8, 4) is 11.5 Å². The molecule has 0 fully saturated rings. The molecule has 2 N–H and O–H groups in total. The third-order valence-electron chi connectivity index (χ3n) is 3.77. The Hall–Kier alpha value is -2.45. The molecule has 0 aliphatic heterocycles. The predicted molar refractivity (Wildman–Crippen MR) is 106 cm³/mol. The molecule has 0 heterocycles. The number of halogens is 1. The lowest BCUT2D eigenvalue weighted by Crippen LogP contribution is -2.22. The number of nitrogens with one attached hydrogen (secondary N) is 2. The molecule has 2 aromatic carbocycles. The Balaban J connectivity index is 2.19. The van der Waals surface area contributed by atoms with Crippen LogP contribution in [0.25, 0.3) is 0 Å². The van der Waals surface area contributed by atoms with Crippen LogP contribution in [0.3, 0.4) is 0 Å². The average Bonchev–Trinajstić information content (AvgIpc) is 2.61. The molecule has 0 aromatic heterocycles. The van der Waals surface area contributed by atoms with Gasteiger partial charge in [0, 0.05) is 17.0 Å². The quantitative estimate of drug-likeness (QED) is 0.725. The van der Waals surface area contributed by atoms with Gasteiger partial charge >= 0.3 is 0 Å². The van der Waals surface area contributed by atoms with E-state index in [1.807, 2.05) is 6.92 Å². The second-order valence-corrected chi connectivity index (χ2v) is 8.18. The van der Waals surface area contributed by atoms with E-state index in [4.69, 9.17) is 21.1 Å². The van der Waals surface area contributed by atoms with Crippen LogP contribution in [-0.2, 0) is 14.6 Å². The second kappa shape index (κ2) is 8.49. The van der Waals surface area contributed by atoms with Crippen molar-refractivity contribution in [1.29, 1.82) is 0 Å². The zero-order valence-corrected chi connectivity index (χ0v) is 17.0. The van der Waals surface area contributed by atoms with Gasteiger partial charge in [0.1, 0.15) is 5.75 Å². The minimum absolute atomic E-state index is 0.0803. The molecule has 0 atom stereocenters. The topological polar surface area (TPSA) is 93.7 Å². The number of amides is 1.